The molecule has 2 unspecified atom stereocenters. The number of para-hydroxylation sites is 1. The van der Waals surface area contributed by atoms with Crippen molar-refractivity contribution in [3.8, 4) is 0 Å². The molecule has 2 nitrogen and oxygen atoms in total. The fraction of sp³-hybridized carbons (Fsp3) is 0.500. The van der Waals surface area contributed by atoms with E-state index in [0.717, 1.165) is 18.0 Å². The number of fused-ring (bicyclic) bond motifs is 1. The summed E-state index contributed by atoms with van der Waals surface area (Å²) in [5.41, 5.74) is 2.92. The van der Waals surface area contributed by atoms with E-state index >= 15 is 0 Å². The first-order valence-electron chi connectivity index (χ1n) is 7.61. The van der Waals surface area contributed by atoms with E-state index in [1.807, 2.05) is 12.3 Å². The molecule has 1 aromatic heterocycles. The van der Waals surface area contributed by atoms with E-state index in [-0.39, 0.29) is 0 Å². The summed E-state index contributed by atoms with van der Waals surface area (Å²) in [5, 5.41) is 4.98. The maximum atomic E-state index is 4.53. The highest BCUT2D eigenvalue weighted by Crippen LogP contribution is 2.40. The third kappa shape index (κ3) is 2.71. The molecule has 0 spiro atoms. The number of nitrogens with one attached hydrogen (secondary N) is 1. The van der Waals surface area contributed by atoms with Crippen molar-refractivity contribution in [3.63, 3.8) is 0 Å². The van der Waals surface area contributed by atoms with E-state index in [4.69, 9.17) is 0 Å². The number of rotatable bonds is 3. The molecule has 1 heterocycles. The Balaban J connectivity index is 1.75. The molecule has 1 aromatic carbocycles. The average molecular weight is 268 g/mol. The van der Waals surface area contributed by atoms with Gasteiger partial charge in [-0.15, -0.1) is 0 Å². The van der Waals surface area contributed by atoms with Crippen molar-refractivity contribution in [2.45, 2.75) is 46.2 Å². The van der Waals surface area contributed by atoms with Crippen molar-refractivity contribution in [3.05, 3.63) is 42.1 Å². The third-order valence-electron chi connectivity index (χ3n) is 4.60. The van der Waals surface area contributed by atoms with E-state index in [1.54, 1.807) is 0 Å². The molecule has 1 saturated carbocycles. The molecule has 2 atom stereocenters. The SMILES string of the molecule is CC1CC(C)(C)CC1NCc1cccc2cccnc12. The van der Waals surface area contributed by atoms with Crippen molar-refractivity contribution >= 4 is 10.9 Å². The minimum absolute atomic E-state index is 0.480. The van der Waals surface area contributed by atoms with Crippen LogP contribution in [0.2, 0.25) is 0 Å². The molecule has 0 amide bonds. The van der Waals surface area contributed by atoms with Gasteiger partial charge in [0.15, 0.2) is 0 Å². The van der Waals surface area contributed by atoms with Crippen LogP contribution >= 0.6 is 0 Å². The van der Waals surface area contributed by atoms with E-state index in [0.29, 0.717) is 11.5 Å². The molecule has 1 aliphatic rings. The van der Waals surface area contributed by atoms with Gasteiger partial charge >= 0.3 is 0 Å². The van der Waals surface area contributed by atoms with Crippen molar-refractivity contribution in [2.75, 3.05) is 0 Å². The third-order valence-corrected chi connectivity index (χ3v) is 4.60. The lowest BCUT2D eigenvalue weighted by Gasteiger charge is -2.19. The largest absolute Gasteiger partial charge is 0.310 e. The highest BCUT2D eigenvalue weighted by Gasteiger charge is 2.36. The summed E-state index contributed by atoms with van der Waals surface area (Å²) >= 11 is 0. The van der Waals surface area contributed by atoms with Crippen LogP contribution in [0.15, 0.2) is 36.5 Å². The second-order valence-electron chi connectivity index (χ2n) is 7.03. The van der Waals surface area contributed by atoms with Gasteiger partial charge in [0.1, 0.15) is 0 Å². The summed E-state index contributed by atoms with van der Waals surface area (Å²) in [6, 6.07) is 11.2. The Morgan fingerprint density at radius 2 is 2.00 bits per heavy atom. The van der Waals surface area contributed by atoms with Crippen LogP contribution in [0.1, 0.15) is 39.2 Å². The quantitative estimate of drug-likeness (QED) is 0.904. The van der Waals surface area contributed by atoms with Crippen LogP contribution in [-0.4, -0.2) is 11.0 Å². The van der Waals surface area contributed by atoms with E-state index in [9.17, 15) is 0 Å². The number of hydrogen-bond acceptors (Lipinski definition) is 2. The molecule has 20 heavy (non-hydrogen) atoms. The van der Waals surface area contributed by atoms with Crippen LogP contribution in [0.25, 0.3) is 10.9 Å². The van der Waals surface area contributed by atoms with Gasteiger partial charge in [0.2, 0.25) is 0 Å². The predicted octanol–water partition coefficient (Wildman–Crippen LogP) is 4.15. The second-order valence-corrected chi connectivity index (χ2v) is 7.03. The van der Waals surface area contributed by atoms with E-state index in [2.05, 4.69) is 55.3 Å². The van der Waals surface area contributed by atoms with Gasteiger partial charge in [-0.05, 0) is 35.8 Å². The zero-order valence-corrected chi connectivity index (χ0v) is 12.7. The molecule has 3 rings (SSSR count). The summed E-state index contributed by atoms with van der Waals surface area (Å²) in [4.78, 5) is 4.53. The lowest BCUT2D eigenvalue weighted by molar-refractivity contribution is 0.362. The lowest BCUT2D eigenvalue weighted by Crippen LogP contribution is -2.31. The van der Waals surface area contributed by atoms with E-state index in [1.165, 1.54) is 23.8 Å². The number of aromatic nitrogens is 1. The number of hydrogen-bond donors (Lipinski definition) is 1. The summed E-state index contributed by atoms with van der Waals surface area (Å²) in [5.74, 6) is 0.757. The zero-order valence-electron chi connectivity index (χ0n) is 12.7. The normalized spacial score (nSPS) is 25.1. The van der Waals surface area contributed by atoms with Gasteiger partial charge in [-0.1, -0.05) is 45.0 Å². The Hall–Kier alpha value is -1.41. The van der Waals surface area contributed by atoms with Gasteiger partial charge < -0.3 is 5.32 Å². The van der Waals surface area contributed by atoms with E-state index < -0.39 is 0 Å². The standard InChI is InChI=1S/C18H24N2/c1-13-10-18(2,3)11-16(13)20-12-15-7-4-6-14-8-5-9-19-17(14)15/h4-9,13,16,20H,10-12H2,1-3H3. The van der Waals surface area contributed by atoms with Crippen LogP contribution in [0, 0.1) is 11.3 Å². The first kappa shape index (κ1) is 13.6. The van der Waals surface area contributed by atoms with Gasteiger partial charge in [0.25, 0.3) is 0 Å². The zero-order chi connectivity index (χ0) is 14.2. The number of pyridine rings is 1. The molecule has 1 N–H and O–H groups in total. The van der Waals surface area contributed by atoms with Gasteiger partial charge in [0.05, 0.1) is 5.52 Å². The Morgan fingerprint density at radius 3 is 2.75 bits per heavy atom. The maximum absolute atomic E-state index is 4.53. The minimum Gasteiger partial charge on any atom is -0.310 e. The number of nitrogens with zero attached hydrogens (tertiary/aromatic N) is 1. The predicted molar refractivity (Wildman–Crippen MR) is 84.5 cm³/mol. The molecule has 0 aliphatic heterocycles. The van der Waals surface area contributed by atoms with Gasteiger partial charge in [-0.25, -0.2) is 0 Å². The summed E-state index contributed by atoms with van der Waals surface area (Å²) in [7, 11) is 0. The summed E-state index contributed by atoms with van der Waals surface area (Å²) in [6.07, 6.45) is 4.47. The van der Waals surface area contributed by atoms with Crippen LogP contribution in [0.3, 0.4) is 0 Å². The fourth-order valence-electron chi connectivity index (χ4n) is 3.72. The molecule has 106 valence electrons. The van der Waals surface area contributed by atoms with Crippen LogP contribution in [0.4, 0.5) is 0 Å². The summed E-state index contributed by atoms with van der Waals surface area (Å²) < 4.78 is 0. The second kappa shape index (κ2) is 5.17. The topological polar surface area (TPSA) is 24.9 Å². The van der Waals surface area contributed by atoms with Crippen molar-refractivity contribution < 1.29 is 0 Å². The summed E-state index contributed by atoms with van der Waals surface area (Å²) in [6.45, 7) is 8.04. The Kier molecular flexibility index (Phi) is 3.51. The van der Waals surface area contributed by atoms with Crippen LogP contribution in [-0.2, 0) is 6.54 Å². The molecule has 2 aromatic rings. The molecule has 1 fully saturated rings. The highest BCUT2D eigenvalue weighted by atomic mass is 14.9. The molecular formula is C18H24N2. The first-order valence-corrected chi connectivity index (χ1v) is 7.61. The van der Waals surface area contributed by atoms with Crippen molar-refractivity contribution in [1.82, 2.24) is 10.3 Å². The Bertz CT molecular complexity index is 598. The number of benzene rings is 1. The molecule has 0 saturated heterocycles. The molecule has 0 radical (unpaired) electrons. The molecular weight excluding hydrogens is 244 g/mol. The van der Waals surface area contributed by atoms with Gasteiger partial charge in [-0.3, -0.25) is 4.98 Å². The van der Waals surface area contributed by atoms with Gasteiger partial charge in [0, 0.05) is 24.2 Å². The Labute approximate surface area is 121 Å². The first-order chi connectivity index (χ1) is 9.55. The molecule has 0 bridgehead atoms. The molecule has 2 heteroatoms. The lowest BCUT2D eigenvalue weighted by atomic mass is 9.91. The maximum Gasteiger partial charge on any atom is 0.0746 e. The van der Waals surface area contributed by atoms with Crippen LogP contribution in [0.5, 0.6) is 0 Å². The smallest absolute Gasteiger partial charge is 0.0746 e. The molecule has 1 aliphatic carbocycles. The highest BCUT2D eigenvalue weighted by molar-refractivity contribution is 5.81. The monoisotopic (exact) mass is 268 g/mol. The van der Waals surface area contributed by atoms with Crippen molar-refractivity contribution in [1.29, 1.82) is 0 Å². The Morgan fingerprint density at radius 1 is 1.20 bits per heavy atom. The average Bonchev–Trinajstić information content (AvgIpc) is 2.69. The fourth-order valence-corrected chi connectivity index (χ4v) is 3.72. The minimum atomic E-state index is 0.480. The van der Waals surface area contributed by atoms with Crippen molar-refractivity contribution in [2.24, 2.45) is 11.3 Å². The van der Waals surface area contributed by atoms with Gasteiger partial charge in [-0.2, -0.15) is 0 Å². The van der Waals surface area contributed by atoms with Crippen LogP contribution < -0.4 is 5.32 Å².